The van der Waals surface area contributed by atoms with Crippen LogP contribution in [-0.4, -0.2) is 25.4 Å². The Labute approximate surface area is 131 Å². The number of ether oxygens (including phenoxy) is 2. The molecule has 1 fully saturated rings. The van der Waals surface area contributed by atoms with Gasteiger partial charge in [0.25, 0.3) is 0 Å². The molecule has 0 aromatic heterocycles. The van der Waals surface area contributed by atoms with E-state index in [0.717, 1.165) is 42.2 Å². The Morgan fingerprint density at radius 1 is 1.18 bits per heavy atom. The van der Waals surface area contributed by atoms with Gasteiger partial charge in [-0.1, -0.05) is 13.0 Å². The van der Waals surface area contributed by atoms with Crippen LogP contribution in [0.15, 0.2) is 18.2 Å². The van der Waals surface area contributed by atoms with Crippen LogP contribution in [-0.2, 0) is 6.42 Å². The molecule has 5 nitrogen and oxygen atoms in total. The molecule has 120 valence electrons. The molecule has 3 rings (SSSR count). The Bertz CT molecular complexity index is 525. The fourth-order valence-corrected chi connectivity index (χ4v) is 3.06. The highest BCUT2D eigenvalue weighted by molar-refractivity contribution is 5.74. The first kappa shape index (κ1) is 15.0. The number of rotatable bonds is 4. The first-order valence-corrected chi connectivity index (χ1v) is 8.13. The van der Waals surface area contributed by atoms with Gasteiger partial charge in [-0.15, -0.1) is 0 Å². The second-order valence-corrected chi connectivity index (χ2v) is 6.29. The highest BCUT2D eigenvalue weighted by Crippen LogP contribution is 2.32. The van der Waals surface area contributed by atoms with E-state index in [2.05, 4.69) is 17.6 Å². The number of urea groups is 1. The quantitative estimate of drug-likeness (QED) is 0.899. The van der Waals surface area contributed by atoms with E-state index >= 15 is 0 Å². The zero-order valence-corrected chi connectivity index (χ0v) is 13.1. The normalized spacial score (nSPS) is 23.1. The molecular weight excluding hydrogens is 280 g/mol. The molecule has 1 aliphatic carbocycles. The van der Waals surface area contributed by atoms with Gasteiger partial charge in [0.1, 0.15) is 0 Å². The molecule has 1 aromatic carbocycles. The molecule has 0 bridgehead atoms. The molecule has 1 aliphatic heterocycles. The third kappa shape index (κ3) is 3.84. The highest BCUT2D eigenvalue weighted by Gasteiger charge is 2.19. The van der Waals surface area contributed by atoms with Gasteiger partial charge in [0.15, 0.2) is 11.5 Å². The van der Waals surface area contributed by atoms with Crippen LogP contribution in [0.25, 0.3) is 0 Å². The van der Waals surface area contributed by atoms with E-state index in [0.29, 0.717) is 19.4 Å². The Balaban J connectivity index is 1.38. The summed E-state index contributed by atoms with van der Waals surface area (Å²) in [6.45, 7) is 3.19. The molecule has 0 unspecified atom stereocenters. The van der Waals surface area contributed by atoms with Crippen LogP contribution in [0.1, 0.15) is 38.2 Å². The van der Waals surface area contributed by atoms with Crippen LogP contribution in [0.4, 0.5) is 4.79 Å². The summed E-state index contributed by atoms with van der Waals surface area (Å²) in [7, 11) is 0. The predicted molar refractivity (Wildman–Crippen MR) is 84.2 cm³/mol. The molecule has 2 amide bonds. The monoisotopic (exact) mass is 304 g/mol. The largest absolute Gasteiger partial charge is 0.454 e. The second-order valence-electron chi connectivity index (χ2n) is 6.29. The smallest absolute Gasteiger partial charge is 0.315 e. The molecule has 1 aromatic rings. The number of hydrogen-bond acceptors (Lipinski definition) is 3. The van der Waals surface area contributed by atoms with Crippen molar-refractivity contribution < 1.29 is 14.3 Å². The van der Waals surface area contributed by atoms with Gasteiger partial charge >= 0.3 is 6.03 Å². The summed E-state index contributed by atoms with van der Waals surface area (Å²) in [4.78, 5) is 11.9. The van der Waals surface area contributed by atoms with Crippen molar-refractivity contribution in [3.05, 3.63) is 23.8 Å². The lowest BCUT2D eigenvalue weighted by Crippen LogP contribution is -2.44. The Morgan fingerprint density at radius 3 is 2.77 bits per heavy atom. The summed E-state index contributed by atoms with van der Waals surface area (Å²) < 4.78 is 10.6. The number of carbonyl (C=O) groups excluding carboxylic acids is 1. The van der Waals surface area contributed by atoms with Crippen LogP contribution < -0.4 is 20.1 Å². The minimum absolute atomic E-state index is 0.0553. The molecule has 0 spiro atoms. The fraction of sp³-hybridized carbons (Fsp3) is 0.588. The van der Waals surface area contributed by atoms with Crippen molar-refractivity contribution in [1.82, 2.24) is 10.6 Å². The molecule has 5 heteroatoms. The van der Waals surface area contributed by atoms with Gasteiger partial charge in [0, 0.05) is 12.6 Å². The zero-order valence-electron chi connectivity index (χ0n) is 13.1. The first-order chi connectivity index (χ1) is 10.7. The highest BCUT2D eigenvalue weighted by atomic mass is 16.7. The molecule has 0 saturated heterocycles. The summed E-state index contributed by atoms with van der Waals surface area (Å²) in [5, 5.41) is 6.01. The van der Waals surface area contributed by atoms with Crippen molar-refractivity contribution >= 4 is 6.03 Å². The zero-order chi connectivity index (χ0) is 15.4. The van der Waals surface area contributed by atoms with Gasteiger partial charge in [-0.3, -0.25) is 0 Å². The molecule has 2 N–H and O–H groups in total. The second kappa shape index (κ2) is 6.90. The summed E-state index contributed by atoms with van der Waals surface area (Å²) in [5.74, 6) is 2.38. The Morgan fingerprint density at radius 2 is 1.95 bits per heavy atom. The standard InChI is InChI=1S/C17H24N2O3/c1-12-2-5-14(6-3-12)19-17(20)18-9-8-13-4-7-15-16(10-13)22-11-21-15/h4,7,10,12,14H,2-3,5-6,8-9,11H2,1H3,(H2,18,19,20). The summed E-state index contributed by atoms with van der Waals surface area (Å²) in [5.41, 5.74) is 1.14. The van der Waals surface area contributed by atoms with Gasteiger partial charge < -0.3 is 20.1 Å². The number of hydrogen-bond donors (Lipinski definition) is 2. The molecule has 0 radical (unpaired) electrons. The van der Waals surface area contributed by atoms with Crippen LogP contribution in [0.2, 0.25) is 0 Å². The molecule has 1 saturated carbocycles. The lowest BCUT2D eigenvalue weighted by atomic mass is 9.87. The van der Waals surface area contributed by atoms with E-state index < -0.39 is 0 Å². The van der Waals surface area contributed by atoms with Crippen LogP contribution in [0.5, 0.6) is 11.5 Å². The average molecular weight is 304 g/mol. The maximum atomic E-state index is 11.9. The average Bonchev–Trinajstić information content (AvgIpc) is 2.97. The van der Waals surface area contributed by atoms with Crippen LogP contribution in [0, 0.1) is 5.92 Å². The summed E-state index contributed by atoms with van der Waals surface area (Å²) in [6.07, 6.45) is 5.39. The number of carbonyl (C=O) groups is 1. The van der Waals surface area contributed by atoms with Crippen LogP contribution >= 0.6 is 0 Å². The third-order valence-corrected chi connectivity index (χ3v) is 4.49. The maximum Gasteiger partial charge on any atom is 0.315 e. The van der Waals surface area contributed by atoms with Gasteiger partial charge in [-0.05, 0) is 55.7 Å². The molecule has 22 heavy (non-hydrogen) atoms. The van der Waals surface area contributed by atoms with Crippen molar-refractivity contribution in [2.75, 3.05) is 13.3 Å². The number of amides is 2. The molecule has 2 aliphatic rings. The lowest BCUT2D eigenvalue weighted by Gasteiger charge is -2.26. The first-order valence-electron chi connectivity index (χ1n) is 8.13. The SMILES string of the molecule is CC1CCC(NC(=O)NCCc2ccc3c(c2)OCO3)CC1. The minimum Gasteiger partial charge on any atom is -0.454 e. The van der Waals surface area contributed by atoms with E-state index in [9.17, 15) is 4.79 Å². The minimum atomic E-state index is -0.0553. The molecule has 1 heterocycles. The van der Waals surface area contributed by atoms with Crippen LogP contribution in [0.3, 0.4) is 0 Å². The van der Waals surface area contributed by atoms with Crippen molar-refractivity contribution in [2.45, 2.75) is 45.1 Å². The van der Waals surface area contributed by atoms with E-state index in [1.165, 1.54) is 12.8 Å². The fourth-order valence-electron chi connectivity index (χ4n) is 3.06. The number of fused-ring (bicyclic) bond motifs is 1. The van der Waals surface area contributed by atoms with Gasteiger partial charge in [0.2, 0.25) is 6.79 Å². The summed E-state index contributed by atoms with van der Waals surface area (Å²) in [6, 6.07) is 6.18. The summed E-state index contributed by atoms with van der Waals surface area (Å²) >= 11 is 0. The number of benzene rings is 1. The predicted octanol–water partition coefficient (Wildman–Crippen LogP) is 2.84. The van der Waals surface area contributed by atoms with Crippen molar-refractivity contribution in [1.29, 1.82) is 0 Å². The van der Waals surface area contributed by atoms with Crippen molar-refractivity contribution in [3.63, 3.8) is 0 Å². The van der Waals surface area contributed by atoms with E-state index in [1.807, 2.05) is 18.2 Å². The lowest BCUT2D eigenvalue weighted by molar-refractivity contribution is 0.174. The molecular formula is C17H24N2O3. The Kier molecular flexibility index (Phi) is 4.71. The van der Waals surface area contributed by atoms with E-state index in [4.69, 9.17) is 9.47 Å². The van der Waals surface area contributed by atoms with Crippen molar-refractivity contribution in [3.8, 4) is 11.5 Å². The van der Waals surface area contributed by atoms with Gasteiger partial charge in [-0.25, -0.2) is 4.79 Å². The Hall–Kier alpha value is -1.91. The maximum absolute atomic E-state index is 11.9. The van der Waals surface area contributed by atoms with Gasteiger partial charge in [0.05, 0.1) is 0 Å². The third-order valence-electron chi connectivity index (χ3n) is 4.49. The van der Waals surface area contributed by atoms with Crippen molar-refractivity contribution in [2.24, 2.45) is 5.92 Å². The van der Waals surface area contributed by atoms with E-state index in [1.54, 1.807) is 0 Å². The van der Waals surface area contributed by atoms with E-state index in [-0.39, 0.29) is 6.03 Å². The molecule has 0 atom stereocenters. The topological polar surface area (TPSA) is 59.6 Å². The number of nitrogens with one attached hydrogen (secondary N) is 2. The van der Waals surface area contributed by atoms with Gasteiger partial charge in [-0.2, -0.15) is 0 Å².